The summed E-state index contributed by atoms with van der Waals surface area (Å²) in [6.07, 6.45) is 4.61. The quantitative estimate of drug-likeness (QED) is 0.379. The molecule has 30 heavy (non-hydrogen) atoms. The molecule has 5 nitrogen and oxygen atoms in total. The highest BCUT2D eigenvalue weighted by atomic mass is 16.4. The predicted octanol–water partition coefficient (Wildman–Crippen LogP) is 5.59. The normalized spacial score (nSPS) is 10.8. The third-order valence-electron chi connectivity index (χ3n) is 4.96. The Morgan fingerprint density at radius 3 is 2.03 bits per heavy atom. The SMILES string of the molecule is CC(C)=CCc1c(O)ccc(-c2cc3ccc(O)c(CC=C(C)C)c3oc2=O)c1O. The maximum absolute atomic E-state index is 12.8. The van der Waals surface area contributed by atoms with E-state index in [1.54, 1.807) is 18.2 Å². The van der Waals surface area contributed by atoms with E-state index < -0.39 is 5.63 Å². The van der Waals surface area contributed by atoms with Crippen molar-refractivity contribution in [2.75, 3.05) is 0 Å². The topological polar surface area (TPSA) is 90.9 Å². The maximum Gasteiger partial charge on any atom is 0.344 e. The van der Waals surface area contributed by atoms with E-state index in [9.17, 15) is 20.1 Å². The molecule has 0 aliphatic rings. The Kier molecular flexibility index (Phi) is 6.01. The van der Waals surface area contributed by atoms with Gasteiger partial charge in [-0.1, -0.05) is 23.3 Å². The van der Waals surface area contributed by atoms with Gasteiger partial charge in [-0.2, -0.15) is 0 Å². The van der Waals surface area contributed by atoms with Gasteiger partial charge < -0.3 is 19.7 Å². The van der Waals surface area contributed by atoms with E-state index >= 15 is 0 Å². The summed E-state index contributed by atoms with van der Waals surface area (Å²) in [6.45, 7) is 7.77. The van der Waals surface area contributed by atoms with Crippen molar-refractivity contribution in [1.29, 1.82) is 0 Å². The molecule has 0 radical (unpaired) electrons. The van der Waals surface area contributed by atoms with Crippen LogP contribution in [0.2, 0.25) is 0 Å². The first-order chi connectivity index (χ1) is 14.2. The van der Waals surface area contributed by atoms with Gasteiger partial charge >= 0.3 is 5.63 Å². The molecule has 0 fully saturated rings. The lowest BCUT2D eigenvalue weighted by Crippen LogP contribution is -2.04. The van der Waals surface area contributed by atoms with Gasteiger partial charge in [0.05, 0.1) is 5.56 Å². The van der Waals surface area contributed by atoms with Gasteiger partial charge in [0.25, 0.3) is 0 Å². The van der Waals surface area contributed by atoms with Gasteiger partial charge in [0.15, 0.2) is 0 Å². The highest BCUT2D eigenvalue weighted by Crippen LogP contribution is 2.38. The molecule has 0 saturated carbocycles. The average Bonchev–Trinajstić information content (AvgIpc) is 2.67. The van der Waals surface area contributed by atoms with Crippen LogP contribution in [0.3, 0.4) is 0 Å². The number of hydrogen-bond acceptors (Lipinski definition) is 5. The number of benzene rings is 2. The molecule has 0 aliphatic heterocycles. The molecule has 5 heteroatoms. The first-order valence-corrected chi connectivity index (χ1v) is 9.78. The van der Waals surface area contributed by atoms with Crippen LogP contribution in [-0.2, 0) is 12.8 Å². The monoisotopic (exact) mass is 406 g/mol. The van der Waals surface area contributed by atoms with Crippen molar-refractivity contribution in [2.24, 2.45) is 0 Å². The van der Waals surface area contributed by atoms with Crippen LogP contribution in [0.1, 0.15) is 38.8 Å². The van der Waals surface area contributed by atoms with Crippen LogP contribution in [0, 0.1) is 0 Å². The van der Waals surface area contributed by atoms with E-state index in [4.69, 9.17) is 4.42 Å². The number of fused-ring (bicyclic) bond motifs is 1. The zero-order chi connectivity index (χ0) is 22.0. The lowest BCUT2D eigenvalue weighted by molar-refractivity contribution is 0.441. The van der Waals surface area contributed by atoms with Gasteiger partial charge in [-0.05, 0) is 70.9 Å². The van der Waals surface area contributed by atoms with Crippen molar-refractivity contribution < 1.29 is 19.7 Å². The molecule has 0 bridgehead atoms. The molecule has 156 valence electrons. The molecule has 0 spiro atoms. The zero-order valence-corrected chi connectivity index (χ0v) is 17.6. The third-order valence-corrected chi connectivity index (χ3v) is 4.96. The van der Waals surface area contributed by atoms with E-state index in [2.05, 4.69) is 0 Å². The molecule has 3 rings (SSSR count). The smallest absolute Gasteiger partial charge is 0.344 e. The summed E-state index contributed by atoms with van der Waals surface area (Å²) in [6, 6.07) is 7.84. The largest absolute Gasteiger partial charge is 0.508 e. The zero-order valence-electron chi connectivity index (χ0n) is 17.6. The number of allylic oxidation sites excluding steroid dienone is 4. The Morgan fingerprint density at radius 2 is 1.40 bits per heavy atom. The van der Waals surface area contributed by atoms with Crippen LogP contribution >= 0.6 is 0 Å². The molecule has 0 unspecified atom stereocenters. The Hall–Kier alpha value is -3.47. The molecule has 1 aromatic heterocycles. The lowest BCUT2D eigenvalue weighted by atomic mass is 9.98. The van der Waals surface area contributed by atoms with Crippen LogP contribution in [0.25, 0.3) is 22.1 Å². The van der Waals surface area contributed by atoms with Crippen molar-refractivity contribution in [1.82, 2.24) is 0 Å². The highest BCUT2D eigenvalue weighted by molar-refractivity contribution is 5.87. The van der Waals surface area contributed by atoms with Crippen molar-refractivity contribution in [2.45, 2.75) is 40.5 Å². The highest BCUT2D eigenvalue weighted by Gasteiger charge is 2.18. The Balaban J connectivity index is 2.19. The standard InChI is InChI=1S/C25H26O5/c1-14(2)5-8-18-21(26)12-10-17(23(18)28)20-13-16-7-11-22(27)19(9-6-15(3)4)24(16)30-25(20)29/h5-7,10-13,26-28H,8-9H2,1-4H3. The summed E-state index contributed by atoms with van der Waals surface area (Å²) in [5.74, 6) is -0.122. The van der Waals surface area contributed by atoms with E-state index in [1.165, 1.54) is 12.1 Å². The summed E-state index contributed by atoms with van der Waals surface area (Å²) in [5, 5.41) is 31.8. The number of phenolic OH excluding ortho intramolecular Hbond substituents is 3. The second-order valence-corrected chi connectivity index (χ2v) is 7.86. The van der Waals surface area contributed by atoms with Crippen molar-refractivity contribution in [3.63, 3.8) is 0 Å². The number of aromatic hydroxyl groups is 3. The third kappa shape index (κ3) is 4.25. The molecular formula is C25H26O5. The van der Waals surface area contributed by atoms with Crippen LogP contribution in [0.5, 0.6) is 17.2 Å². The minimum absolute atomic E-state index is 0.0344. The summed E-state index contributed by atoms with van der Waals surface area (Å²) in [7, 11) is 0. The minimum Gasteiger partial charge on any atom is -0.508 e. The number of rotatable bonds is 5. The maximum atomic E-state index is 12.8. The van der Waals surface area contributed by atoms with Crippen LogP contribution in [0.4, 0.5) is 0 Å². The number of phenols is 3. The fraction of sp³-hybridized carbons (Fsp3) is 0.240. The summed E-state index contributed by atoms with van der Waals surface area (Å²) in [5.41, 5.74) is 3.21. The molecule has 2 aromatic carbocycles. The van der Waals surface area contributed by atoms with Crippen molar-refractivity contribution >= 4 is 11.0 Å². The number of hydrogen-bond donors (Lipinski definition) is 3. The summed E-state index contributed by atoms with van der Waals surface area (Å²) in [4.78, 5) is 12.8. The molecule has 0 amide bonds. The van der Waals surface area contributed by atoms with Crippen molar-refractivity contribution in [3.8, 4) is 28.4 Å². The average molecular weight is 406 g/mol. The molecule has 3 aromatic rings. The van der Waals surface area contributed by atoms with Gasteiger partial charge in [0, 0.05) is 22.1 Å². The van der Waals surface area contributed by atoms with E-state index in [0.29, 0.717) is 40.5 Å². The van der Waals surface area contributed by atoms with Gasteiger partial charge in [0.2, 0.25) is 0 Å². The van der Waals surface area contributed by atoms with Gasteiger partial charge in [-0.15, -0.1) is 0 Å². The molecule has 0 atom stereocenters. The van der Waals surface area contributed by atoms with Crippen LogP contribution < -0.4 is 5.63 Å². The summed E-state index contributed by atoms with van der Waals surface area (Å²) < 4.78 is 5.58. The van der Waals surface area contributed by atoms with Crippen molar-refractivity contribution in [3.05, 3.63) is 75.2 Å². The Labute approximate surface area is 175 Å². The van der Waals surface area contributed by atoms with E-state index in [-0.39, 0.29) is 22.8 Å². The fourth-order valence-corrected chi connectivity index (χ4v) is 3.27. The second-order valence-electron chi connectivity index (χ2n) is 7.86. The Bertz CT molecular complexity index is 1220. The van der Waals surface area contributed by atoms with Gasteiger partial charge in [0.1, 0.15) is 22.8 Å². The Morgan fingerprint density at radius 1 is 0.833 bits per heavy atom. The summed E-state index contributed by atoms with van der Waals surface area (Å²) >= 11 is 0. The first-order valence-electron chi connectivity index (χ1n) is 9.78. The minimum atomic E-state index is -0.624. The predicted molar refractivity (Wildman–Crippen MR) is 119 cm³/mol. The van der Waals surface area contributed by atoms with Crippen LogP contribution in [-0.4, -0.2) is 15.3 Å². The van der Waals surface area contributed by atoms with E-state index in [1.807, 2.05) is 39.8 Å². The fourth-order valence-electron chi connectivity index (χ4n) is 3.27. The lowest BCUT2D eigenvalue weighted by Gasteiger charge is -2.12. The molecule has 1 heterocycles. The van der Waals surface area contributed by atoms with E-state index in [0.717, 1.165) is 11.1 Å². The molecule has 3 N–H and O–H groups in total. The second kappa shape index (κ2) is 8.49. The molecule has 0 saturated heterocycles. The molecule has 0 aliphatic carbocycles. The first kappa shape index (κ1) is 21.2. The van der Waals surface area contributed by atoms with Gasteiger partial charge in [-0.3, -0.25) is 0 Å². The van der Waals surface area contributed by atoms with Gasteiger partial charge in [-0.25, -0.2) is 4.79 Å². The van der Waals surface area contributed by atoms with Crippen LogP contribution in [0.15, 0.2) is 62.8 Å². The molecular weight excluding hydrogens is 380 g/mol.